The Balaban J connectivity index is 1.95. The van der Waals surface area contributed by atoms with E-state index in [0.29, 0.717) is 18.5 Å². The van der Waals surface area contributed by atoms with Crippen molar-refractivity contribution < 1.29 is 4.79 Å². The van der Waals surface area contributed by atoms with E-state index in [-0.39, 0.29) is 5.91 Å². The van der Waals surface area contributed by atoms with E-state index in [2.05, 4.69) is 25.6 Å². The van der Waals surface area contributed by atoms with Crippen molar-refractivity contribution in [3.05, 3.63) is 29.1 Å². The van der Waals surface area contributed by atoms with Crippen LogP contribution in [0.25, 0.3) is 0 Å². The van der Waals surface area contributed by atoms with Crippen LogP contribution in [-0.4, -0.2) is 37.4 Å². The minimum absolute atomic E-state index is 0.0994. The van der Waals surface area contributed by atoms with Crippen molar-refractivity contribution >= 4 is 5.91 Å². The lowest BCUT2D eigenvalue weighted by molar-refractivity contribution is 0.0952. The van der Waals surface area contributed by atoms with Crippen LogP contribution >= 0.6 is 0 Å². The second kappa shape index (κ2) is 4.99. The molecule has 2 rings (SSSR count). The third-order valence-electron chi connectivity index (χ3n) is 2.85. The van der Waals surface area contributed by atoms with Crippen LogP contribution in [-0.2, 0) is 13.5 Å². The van der Waals surface area contributed by atoms with Gasteiger partial charge in [0, 0.05) is 25.7 Å². The van der Waals surface area contributed by atoms with E-state index in [9.17, 15) is 4.79 Å². The molecule has 7 nitrogen and oxygen atoms in total. The average molecular weight is 248 g/mol. The van der Waals surface area contributed by atoms with E-state index in [0.717, 1.165) is 17.2 Å². The van der Waals surface area contributed by atoms with Gasteiger partial charge in [0.15, 0.2) is 0 Å². The van der Waals surface area contributed by atoms with Gasteiger partial charge < -0.3 is 5.32 Å². The maximum absolute atomic E-state index is 12.0. The van der Waals surface area contributed by atoms with Crippen LogP contribution in [0, 0.1) is 13.8 Å². The number of carbonyl (C=O) groups is 1. The molecule has 2 aromatic heterocycles. The first-order valence-electron chi connectivity index (χ1n) is 5.72. The minimum atomic E-state index is -0.0994. The molecule has 0 bridgehead atoms. The van der Waals surface area contributed by atoms with Crippen molar-refractivity contribution in [3.63, 3.8) is 0 Å². The molecule has 0 aromatic carbocycles. The van der Waals surface area contributed by atoms with Crippen LogP contribution in [0.15, 0.2) is 6.33 Å². The van der Waals surface area contributed by atoms with Gasteiger partial charge in [0.05, 0.1) is 11.3 Å². The van der Waals surface area contributed by atoms with E-state index in [1.54, 1.807) is 4.68 Å². The van der Waals surface area contributed by atoms with Crippen molar-refractivity contribution in [3.8, 4) is 0 Å². The van der Waals surface area contributed by atoms with Crippen molar-refractivity contribution in [2.75, 3.05) is 6.54 Å². The Morgan fingerprint density at radius 2 is 2.28 bits per heavy atom. The van der Waals surface area contributed by atoms with Crippen LogP contribution in [0.5, 0.6) is 0 Å². The number of amides is 1. The Hall–Kier alpha value is -2.18. The van der Waals surface area contributed by atoms with Gasteiger partial charge in [0.25, 0.3) is 5.91 Å². The first kappa shape index (κ1) is 12.3. The molecule has 0 fully saturated rings. The van der Waals surface area contributed by atoms with Crippen LogP contribution in [0.3, 0.4) is 0 Å². The van der Waals surface area contributed by atoms with Crippen molar-refractivity contribution in [1.29, 1.82) is 0 Å². The first-order valence-corrected chi connectivity index (χ1v) is 5.72. The second-order valence-electron chi connectivity index (χ2n) is 4.11. The summed E-state index contributed by atoms with van der Waals surface area (Å²) in [5.74, 6) is 0.660. The van der Waals surface area contributed by atoms with E-state index in [1.807, 2.05) is 20.9 Å². The molecule has 2 N–H and O–H groups in total. The summed E-state index contributed by atoms with van der Waals surface area (Å²) in [5.41, 5.74) is 2.26. The van der Waals surface area contributed by atoms with Crippen molar-refractivity contribution in [1.82, 2.24) is 30.3 Å². The second-order valence-corrected chi connectivity index (χ2v) is 4.11. The third-order valence-corrected chi connectivity index (χ3v) is 2.85. The van der Waals surface area contributed by atoms with E-state index in [4.69, 9.17) is 0 Å². The normalized spacial score (nSPS) is 10.6. The van der Waals surface area contributed by atoms with Gasteiger partial charge in [-0.2, -0.15) is 10.2 Å². The Labute approximate surface area is 105 Å². The number of aryl methyl sites for hydroxylation is 2. The summed E-state index contributed by atoms with van der Waals surface area (Å²) in [6.45, 7) is 4.23. The molecular weight excluding hydrogens is 232 g/mol. The zero-order chi connectivity index (χ0) is 13.1. The van der Waals surface area contributed by atoms with Crippen molar-refractivity contribution in [2.24, 2.45) is 7.05 Å². The summed E-state index contributed by atoms with van der Waals surface area (Å²) in [7, 11) is 1.83. The third kappa shape index (κ3) is 2.39. The van der Waals surface area contributed by atoms with Gasteiger partial charge in [0.2, 0.25) is 0 Å². The zero-order valence-electron chi connectivity index (χ0n) is 10.7. The van der Waals surface area contributed by atoms with Crippen LogP contribution in [0.2, 0.25) is 0 Å². The fourth-order valence-electron chi connectivity index (χ4n) is 1.84. The standard InChI is InChI=1S/C11H16N6O/c1-7-10(8(2)17(3)16-7)11(18)12-5-4-9-13-6-14-15-9/h6H,4-5H2,1-3H3,(H,12,18)(H,13,14,15). The number of aromatic amines is 1. The lowest BCUT2D eigenvalue weighted by Gasteiger charge is -2.04. The monoisotopic (exact) mass is 248 g/mol. The molecule has 0 saturated carbocycles. The number of H-pyrrole nitrogens is 1. The number of hydrogen-bond acceptors (Lipinski definition) is 4. The first-order chi connectivity index (χ1) is 8.59. The highest BCUT2D eigenvalue weighted by Crippen LogP contribution is 2.11. The molecule has 0 spiro atoms. The van der Waals surface area contributed by atoms with Gasteiger partial charge in [-0.15, -0.1) is 0 Å². The Kier molecular flexibility index (Phi) is 3.40. The fraction of sp³-hybridized carbons (Fsp3) is 0.455. The van der Waals surface area contributed by atoms with Gasteiger partial charge >= 0.3 is 0 Å². The van der Waals surface area contributed by atoms with Gasteiger partial charge in [-0.25, -0.2) is 4.98 Å². The molecule has 0 unspecified atom stereocenters. The highest BCUT2D eigenvalue weighted by molar-refractivity contribution is 5.96. The predicted molar refractivity (Wildman–Crippen MR) is 65.1 cm³/mol. The molecule has 96 valence electrons. The Morgan fingerprint density at radius 3 is 2.83 bits per heavy atom. The summed E-state index contributed by atoms with van der Waals surface area (Å²) < 4.78 is 1.71. The molecule has 0 saturated heterocycles. The lowest BCUT2D eigenvalue weighted by atomic mass is 10.2. The lowest BCUT2D eigenvalue weighted by Crippen LogP contribution is -2.27. The van der Waals surface area contributed by atoms with E-state index < -0.39 is 0 Å². The molecule has 0 aliphatic rings. The summed E-state index contributed by atoms with van der Waals surface area (Å²) in [6, 6.07) is 0. The molecule has 7 heteroatoms. The smallest absolute Gasteiger partial charge is 0.255 e. The zero-order valence-corrected chi connectivity index (χ0v) is 10.7. The van der Waals surface area contributed by atoms with Gasteiger partial charge in [-0.1, -0.05) is 0 Å². The van der Waals surface area contributed by atoms with Crippen LogP contribution in [0.4, 0.5) is 0 Å². The number of nitrogens with one attached hydrogen (secondary N) is 2. The number of nitrogens with zero attached hydrogens (tertiary/aromatic N) is 4. The van der Waals surface area contributed by atoms with Gasteiger partial charge in [-0.05, 0) is 13.8 Å². The number of carbonyl (C=O) groups excluding carboxylic acids is 1. The SMILES string of the molecule is Cc1nn(C)c(C)c1C(=O)NCCc1ncn[nH]1. The average Bonchev–Trinajstić information content (AvgIpc) is 2.89. The summed E-state index contributed by atoms with van der Waals surface area (Å²) in [6.07, 6.45) is 2.08. The van der Waals surface area contributed by atoms with Crippen LogP contribution in [0.1, 0.15) is 27.6 Å². The number of aromatic nitrogens is 5. The topological polar surface area (TPSA) is 88.5 Å². The molecule has 0 radical (unpaired) electrons. The Bertz CT molecular complexity index is 542. The molecule has 18 heavy (non-hydrogen) atoms. The largest absolute Gasteiger partial charge is 0.351 e. The molecule has 2 aromatic rings. The summed E-state index contributed by atoms with van der Waals surface area (Å²) in [5, 5.41) is 13.6. The predicted octanol–water partition coefficient (Wildman–Crippen LogP) is 0.128. The maximum atomic E-state index is 12.0. The highest BCUT2D eigenvalue weighted by atomic mass is 16.1. The quantitative estimate of drug-likeness (QED) is 0.804. The summed E-state index contributed by atoms with van der Waals surface area (Å²) >= 11 is 0. The highest BCUT2D eigenvalue weighted by Gasteiger charge is 2.16. The molecule has 0 aliphatic heterocycles. The molecule has 2 heterocycles. The van der Waals surface area contributed by atoms with Crippen LogP contribution < -0.4 is 5.32 Å². The van der Waals surface area contributed by atoms with E-state index >= 15 is 0 Å². The molecule has 1 amide bonds. The Morgan fingerprint density at radius 1 is 1.50 bits per heavy atom. The molecular formula is C11H16N6O. The summed E-state index contributed by atoms with van der Waals surface area (Å²) in [4.78, 5) is 16.0. The number of hydrogen-bond donors (Lipinski definition) is 2. The molecule has 0 aliphatic carbocycles. The molecule has 0 atom stereocenters. The minimum Gasteiger partial charge on any atom is -0.351 e. The van der Waals surface area contributed by atoms with E-state index in [1.165, 1.54) is 6.33 Å². The van der Waals surface area contributed by atoms with Gasteiger partial charge in [-0.3, -0.25) is 14.6 Å². The van der Waals surface area contributed by atoms with Crippen molar-refractivity contribution in [2.45, 2.75) is 20.3 Å². The number of rotatable bonds is 4. The van der Waals surface area contributed by atoms with Gasteiger partial charge in [0.1, 0.15) is 12.2 Å². The fourth-order valence-corrected chi connectivity index (χ4v) is 1.84. The maximum Gasteiger partial charge on any atom is 0.255 e.